The lowest BCUT2D eigenvalue weighted by Gasteiger charge is -2.38. The molecule has 1 heterocycles. The second-order valence-corrected chi connectivity index (χ2v) is 6.31. The molecule has 1 aromatic carbocycles. The average molecular weight is 299 g/mol. The molecule has 0 aromatic heterocycles. The largest absolute Gasteiger partial charge is 0.497 e. The summed E-state index contributed by atoms with van der Waals surface area (Å²) in [4.78, 5) is 2.29. The van der Waals surface area contributed by atoms with Crippen molar-refractivity contribution in [3.8, 4) is 11.5 Å². The summed E-state index contributed by atoms with van der Waals surface area (Å²) in [5.74, 6) is 2.83. The molecule has 2 aliphatic carbocycles. The van der Waals surface area contributed by atoms with E-state index < -0.39 is 0 Å². The number of hydrogen-bond donors (Lipinski definition) is 0. The molecule has 0 spiro atoms. The monoisotopic (exact) mass is 299 g/mol. The van der Waals surface area contributed by atoms with Gasteiger partial charge in [0.1, 0.15) is 5.76 Å². The Morgan fingerprint density at radius 1 is 1.14 bits per heavy atom. The lowest BCUT2D eigenvalue weighted by Crippen LogP contribution is -2.41. The molecular formula is C18H21NO3. The Balaban J connectivity index is 1.93. The molecule has 22 heavy (non-hydrogen) atoms. The lowest BCUT2D eigenvalue weighted by molar-refractivity contribution is 0.143. The summed E-state index contributed by atoms with van der Waals surface area (Å²) in [6, 6.07) is 4.60. The zero-order valence-electron chi connectivity index (χ0n) is 13.4. The van der Waals surface area contributed by atoms with E-state index in [1.54, 1.807) is 14.2 Å². The quantitative estimate of drug-likeness (QED) is 0.858. The van der Waals surface area contributed by atoms with Gasteiger partial charge in [0, 0.05) is 11.6 Å². The van der Waals surface area contributed by atoms with E-state index >= 15 is 0 Å². The summed E-state index contributed by atoms with van der Waals surface area (Å²) in [7, 11) is 7.68. The highest BCUT2D eigenvalue weighted by atomic mass is 16.6. The molecule has 2 unspecified atom stereocenters. The zero-order chi connectivity index (χ0) is 15.4. The van der Waals surface area contributed by atoms with Gasteiger partial charge < -0.3 is 19.1 Å². The van der Waals surface area contributed by atoms with E-state index in [1.807, 2.05) is 6.07 Å². The highest BCUT2D eigenvalue weighted by Gasteiger charge is 2.49. The number of likely N-dealkylation sites (N-methyl/N-ethyl adjacent to an activating group) is 1. The molecular weight excluding hydrogens is 278 g/mol. The number of methoxy groups -OCH3 is 2. The summed E-state index contributed by atoms with van der Waals surface area (Å²) in [5.41, 5.74) is 4.06. The van der Waals surface area contributed by atoms with Crippen LogP contribution in [0.5, 0.6) is 11.5 Å². The molecule has 4 rings (SSSR count). The molecule has 4 nitrogen and oxygen atoms in total. The van der Waals surface area contributed by atoms with Crippen molar-refractivity contribution in [2.24, 2.45) is 0 Å². The third-order valence-corrected chi connectivity index (χ3v) is 5.07. The first-order chi connectivity index (χ1) is 10.7. The molecule has 4 heteroatoms. The van der Waals surface area contributed by atoms with E-state index in [2.05, 4.69) is 37.2 Å². The van der Waals surface area contributed by atoms with Crippen molar-refractivity contribution in [3.05, 3.63) is 46.7 Å². The molecule has 3 atom stereocenters. The predicted octanol–water partition coefficient (Wildman–Crippen LogP) is 2.50. The SMILES string of the molecule is COC1=CC=C2C3c4c(ccc(OC)c4O[C@@H]13)CC2N(C)C. The molecule has 0 bridgehead atoms. The minimum absolute atomic E-state index is 0.0715. The number of benzene rings is 1. The summed E-state index contributed by atoms with van der Waals surface area (Å²) in [6.45, 7) is 0. The normalized spacial score (nSPS) is 27.8. The average Bonchev–Trinajstić information content (AvgIpc) is 2.93. The van der Waals surface area contributed by atoms with Crippen molar-refractivity contribution in [1.29, 1.82) is 0 Å². The minimum Gasteiger partial charge on any atom is -0.497 e. The van der Waals surface area contributed by atoms with E-state index in [1.165, 1.54) is 16.7 Å². The van der Waals surface area contributed by atoms with Crippen LogP contribution in [0.15, 0.2) is 35.6 Å². The van der Waals surface area contributed by atoms with E-state index in [4.69, 9.17) is 14.2 Å². The van der Waals surface area contributed by atoms with Crippen molar-refractivity contribution >= 4 is 0 Å². The van der Waals surface area contributed by atoms with Gasteiger partial charge in [-0.3, -0.25) is 0 Å². The first kappa shape index (κ1) is 13.7. The second-order valence-electron chi connectivity index (χ2n) is 6.31. The van der Waals surface area contributed by atoms with Gasteiger partial charge in [-0.15, -0.1) is 0 Å². The lowest BCUT2D eigenvalue weighted by atomic mass is 9.72. The Hall–Kier alpha value is -1.94. The Labute approximate surface area is 131 Å². The van der Waals surface area contributed by atoms with E-state index in [9.17, 15) is 0 Å². The molecule has 0 radical (unpaired) electrons. The van der Waals surface area contributed by atoms with Crippen LogP contribution in [-0.2, 0) is 11.2 Å². The highest BCUT2D eigenvalue weighted by Crippen LogP contribution is 2.55. The van der Waals surface area contributed by atoms with Gasteiger partial charge in [-0.2, -0.15) is 0 Å². The molecule has 0 N–H and O–H groups in total. The maximum atomic E-state index is 6.28. The van der Waals surface area contributed by atoms with E-state index in [0.29, 0.717) is 6.04 Å². The van der Waals surface area contributed by atoms with Crippen LogP contribution in [0.25, 0.3) is 0 Å². The summed E-state index contributed by atoms with van der Waals surface area (Å²) in [6.07, 6.45) is 5.20. The van der Waals surface area contributed by atoms with Gasteiger partial charge in [-0.1, -0.05) is 12.1 Å². The Morgan fingerprint density at radius 3 is 2.64 bits per heavy atom. The number of rotatable bonds is 3. The standard InChI is InChI=1S/C18H21NO3/c1-19(2)12-9-10-5-7-13(20-3)17-15(10)16-11(12)6-8-14(21-4)18(16)22-17/h5-8,12,16,18H,9H2,1-4H3/t12?,16?,18-/m0/s1. The summed E-state index contributed by atoms with van der Waals surface area (Å²) < 4.78 is 17.3. The third kappa shape index (κ3) is 1.67. The van der Waals surface area contributed by atoms with Gasteiger partial charge in [0.05, 0.1) is 20.1 Å². The maximum Gasteiger partial charge on any atom is 0.166 e. The zero-order valence-corrected chi connectivity index (χ0v) is 13.4. The van der Waals surface area contributed by atoms with Gasteiger partial charge in [-0.05, 0) is 43.8 Å². The number of nitrogens with zero attached hydrogens (tertiary/aromatic N) is 1. The van der Waals surface area contributed by atoms with Crippen LogP contribution in [0.1, 0.15) is 17.0 Å². The fraction of sp³-hybridized carbons (Fsp3) is 0.444. The van der Waals surface area contributed by atoms with Crippen LogP contribution >= 0.6 is 0 Å². The van der Waals surface area contributed by atoms with Crippen LogP contribution in [0.4, 0.5) is 0 Å². The smallest absolute Gasteiger partial charge is 0.166 e. The van der Waals surface area contributed by atoms with Crippen LogP contribution < -0.4 is 9.47 Å². The molecule has 0 amide bonds. The first-order valence-electron chi connectivity index (χ1n) is 7.64. The van der Waals surface area contributed by atoms with Gasteiger partial charge in [0.15, 0.2) is 17.6 Å². The van der Waals surface area contributed by atoms with Gasteiger partial charge in [-0.25, -0.2) is 0 Å². The molecule has 1 aromatic rings. The third-order valence-electron chi connectivity index (χ3n) is 5.07. The maximum absolute atomic E-state index is 6.28. The molecule has 116 valence electrons. The van der Waals surface area contributed by atoms with E-state index in [0.717, 1.165) is 23.7 Å². The second kappa shape index (κ2) is 4.78. The fourth-order valence-corrected chi connectivity index (χ4v) is 4.02. The molecule has 3 aliphatic rings. The topological polar surface area (TPSA) is 30.9 Å². The number of allylic oxidation sites excluding steroid dienone is 2. The highest BCUT2D eigenvalue weighted by molar-refractivity contribution is 5.63. The minimum atomic E-state index is -0.0715. The first-order valence-corrected chi connectivity index (χ1v) is 7.64. The van der Waals surface area contributed by atoms with Crippen molar-refractivity contribution in [1.82, 2.24) is 4.90 Å². The molecule has 1 aliphatic heterocycles. The molecule has 0 saturated carbocycles. The van der Waals surface area contributed by atoms with Crippen molar-refractivity contribution in [3.63, 3.8) is 0 Å². The predicted molar refractivity (Wildman–Crippen MR) is 84.5 cm³/mol. The van der Waals surface area contributed by atoms with Crippen molar-refractivity contribution in [2.45, 2.75) is 24.5 Å². The Bertz CT molecular complexity index is 690. The summed E-state index contributed by atoms with van der Waals surface area (Å²) >= 11 is 0. The van der Waals surface area contributed by atoms with Gasteiger partial charge in [0.25, 0.3) is 0 Å². The Morgan fingerprint density at radius 2 is 1.95 bits per heavy atom. The van der Waals surface area contributed by atoms with Gasteiger partial charge in [0.2, 0.25) is 0 Å². The van der Waals surface area contributed by atoms with Crippen LogP contribution in [0, 0.1) is 0 Å². The van der Waals surface area contributed by atoms with Crippen molar-refractivity contribution < 1.29 is 14.2 Å². The number of ether oxygens (including phenoxy) is 3. The molecule has 0 fully saturated rings. The van der Waals surface area contributed by atoms with E-state index in [-0.39, 0.29) is 12.0 Å². The van der Waals surface area contributed by atoms with Crippen LogP contribution in [-0.4, -0.2) is 45.4 Å². The number of hydrogen-bond acceptors (Lipinski definition) is 4. The molecule has 0 saturated heterocycles. The summed E-state index contributed by atoms with van der Waals surface area (Å²) in [5, 5.41) is 0. The fourth-order valence-electron chi connectivity index (χ4n) is 4.02. The van der Waals surface area contributed by atoms with Crippen LogP contribution in [0.2, 0.25) is 0 Å². The van der Waals surface area contributed by atoms with Gasteiger partial charge >= 0.3 is 0 Å². The van der Waals surface area contributed by atoms with Crippen LogP contribution in [0.3, 0.4) is 0 Å². The Kier molecular flexibility index (Phi) is 2.98. The van der Waals surface area contributed by atoms with Crippen molar-refractivity contribution in [2.75, 3.05) is 28.3 Å².